The summed E-state index contributed by atoms with van der Waals surface area (Å²) in [6, 6.07) is 11.5. The van der Waals surface area contributed by atoms with Crippen LogP contribution in [0, 0.1) is 18.7 Å². The molecular formula is C31H41F2N3O2. The molecule has 7 heteroatoms. The van der Waals surface area contributed by atoms with E-state index in [2.05, 4.69) is 39.8 Å². The molecule has 1 N–H and O–H groups in total. The van der Waals surface area contributed by atoms with Gasteiger partial charge in [-0.15, -0.1) is 0 Å². The summed E-state index contributed by atoms with van der Waals surface area (Å²) in [5.41, 5.74) is 7.46. The van der Waals surface area contributed by atoms with Gasteiger partial charge in [0, 0.05) is 50.5 Å². The van der Waals surface area contributed by atoms with Crippen LogP contribution in [0.5, 0.6) is 0 Å². The van der Waals surface area contributed by atoms with Gasteiger partial charge in [-0.1, -0.05) is 31.2 Å². The number of anilines is 1. The molecule has 0 spiro atoms. The molecule has 38 heavy (non-hydrogen) atoms. The predicted molar refractivity (Wildman–Crippen MR) is 150 cm³/mol. The van der Waals surface area contributed by atoms with Crippen LogP contribution in [0.2, 0.25) is 0 Å². The van der Waals surface area contributed by atoms with Crippen molar-refractivity contribution in [2.75, 3.05) is 51.8 Å². The molecular weight excluding hydrogens is 484 g/mol. The van der Waals surface area contributed by atoms with Gasteiger partial charge in [0.1, 0.15) is 5.82 Å². The lowest BCUT2D eigenvalue weighted by atomic mass is 9.82. The number of carboxylic acids is 1. The van der Waals surface area contributed by atoms with Crippen molar-refractivity contribution in [3.8, 4) is 0 Å². The highest BCUT2D eigenvalue weighted by atomic mass is 19.1. The molecule has 0 aromatic heterocycles. The molecule has 206 valence electrons. The Morgan fingerprint density at radius 1 is 1.16 bits per heavy atom. The van der Waals surface area contributed by atoms with Gasteiger partial charge in [0.15, 0.2) is 0 Å². The average Bonchev–Trinajstić information content (AvgIpc) is 3.25. The van der Waals surface area contributed by atoms with Crippen molar-refractivity contribution in [1.29, 1.82) is 0 Å². The monoisotopic (exact) mass is 525 g/mol. The number of nitrogens with zero attached hydrogens (tertiary/aromatic N) is 3. The minimum absolute atomic E-state index is 0.0658. The zero-order valence-corrected chi connectivity index (χ0v) is 23.3. The molecule has 0 radical (unpaired) electrons. The molecule has 0 saturated carbocycles. The number of hydrogen-bond donors (Lipinski definition) is 1. The number of aliphatic carboxylic acids is 1. The number of halogens is 2. The van der Waals surface area contributed by atoms with Gasteiger partial charge in [-0.2, -0.15) is 0 Å². The minimum Gasteiger partial charge on any atom is -0.481 e. The fraction of sp³-hybridized carbons (Fsp3) is 0.516. The van der Waals surface area contributed by atoms with Crippen molar-refractivity contribution in [2.45, 2.75) is 52.1 Å². The Bertz CT molecular complexity index is 1200. The molecule has 0 saturated heterocycles. The minimum atomic E-state index is -0.840. The van der Waals surface area contributed by atoms with Gasteiger partial charge in [0.25, 0.3) is 0 Å². The van der Waals surface area contributed by atoms with Gasteiger partial charge >= 0.3 is 5.97 Å². The number of carboxylic acid groups (broad SMARTS) is 1. The van der Waals surface area contributed by atoms with E-state index in [0.29, 0.717) is 25.1 Å². The molecule has 2 aromatic rings. The maximum Gasteiger partial charge on any atom is 0.307 e. The SMILES string of the molecule is Cc1c(N(C)CCN(C)CCCF)ccc(F)c1[C@@H]1C2=C(C[C@@H](C)N1C[C@H](C)C(=O)O)c1ccccc1C2. The van der Waals surface area contributed by atoms with Crippen molar-refractivity contribution >= 4 is 17.2 Å². The van der Waals surface area contributed by atoms with Crippen LogP contribution in [0.25, 0.3) is 5.57 Å². The number of carbonyl (C=O) groups is 1. The summed E-state index contributed by atoms with van der Waals surface area (Å²) in [5.74, 6) is -1.66. The maximum absolute atomic E-state index is 15.9. The first-order valence-electron chi connectivity index (χ1n) is 13.7. The molecule has 1 aliphatic carbocycles. The number of fused-ring (bicyclic) bond motifs is 2. The third-order valence-electron chi connectivity index (χ3n) is 8.35. The zero-order valence-electron chi connectivity index (χ0n) is 23.3. The molecule has 0 amide bonds. The second-order valence-electron chi connectivity index (χ2n) is 11.1. The van der Waals surface area contributed by atoms with Crippen LogP contribution in [0.4, 0.5) is 14.5 Å². The second kappa shape index (κ2) is 12.0. The van der Waals surface area contributed by atoms with E-state index < -0.39 is 11.9 Å². The van der Waals surface area contributed by atoms with Crippen LogP contribution in [0.15, 0.2) is 42.0 Å². The van der Waals surface area contributed by atoms with Crippen LogP contribution in [-0.2, 0) is 11.2 Å². The van der Waals surface area contributed by atoms with E-state index in [-0.39, 0.29) is 24.6 Å². The normalized spacial score (nSPS) is 20.0. The Morgan fingerprint density at radius 3 is 2.61 bits per heavy atom. The van der Waals surface area contributed by atoms with Crippen molar-refractivity contribution in [3.63, 3.8) is 0 Å². The topological polar surface area (TPSA) is 47.0 Å². The number of benzene rings is 2. The third-order valence-corrected chi connectivity index (χ3v) is 8.35. The lowest BCUT2D eigenvalue weighted by molar-refractivity contribution is -0.142. The summed E-state index contributed by atoms with van der Waals surface area (Å²) in [6.45, 7) is 8.08. The van der Waals surface area contributed by atoms with Crippen molar-refractivity contribution < 1.29 is 18.7 Å². The molecule has 0 fully saturated rings. The van der Waals surface area contributed by atoms with Crippen LogP contribution in [0.3, 0.4) is 0 Å². The van der Waals surface area contributed by atoms with E-state index in [0.717, 1.165) is 37.2 Å². The van der Waals surface area contributed by atoms with E-state index in [4.69, 9.17) is 0 Å². The van der Waals surface area contributed by atoms with Gasteiger partial charge in [-0.25, -0.2) is 4.39 Å². The fourth-order valence-corrected chi connectivity index (χ4v) is 6.16. The highest BCUT2D eigenvalue weighted by molar-refractivity contribution is 5.79. The van der Waals surface area contributed by atoms with Gasteiger partial charge in [0.05, 0.1) is 18.6 Å². The summed E-state index contributed by atoms with van der Waals surface area (Å²) >= 11 is 0. The third kappa shape index (κ3) is 5.64. The number of likely N-dealkylation sites (N-methyl/N-ethyl adjacent to an activating group) is 2. The Kier molecular flexibility index (Phi) is 8.89. The van der Waals surface area contributed by atoms with Crippen LogP contribution >= 0.6 is 0 Å². The van der Waals surface area contributed by atoms with Gasteiger partial charge in [-0.05, 0) is 80.1 Å². The summed E-state index contributed by atoms with van der Waals surface area (Å²) < 4.78 is 28.5. The molecule has 1 heterocycles. The Balaban J connectivity index is 1.74. The molecule has 4 rings (SSSR count). The second-order valence-corrected chi connectivity index (χ2v) is 11.1. The van der Waals surface area contributed by atoms with Gasteiger partial charge in [0.2, 0.25) is 0 Å². The lowest BCUT2D eigenvalue weighted by Crippen LogP contribution is -2.45. The van der Waals surface area contributed by atoms with Crippen molar-refractivity contribution in [2.24, 2.45) is 5.92 Å². The summed E-state index contributed by atoms with van der Waals surface area (Å²) in [5, 5.41) is 9.72. The van der Waals surface area contributed by atoms with E-state index in [1.54, 1.807) is 13.0 Å². The first-order valence-corrected chi connectivity index (χ1v) is 13.7. The predicted octanol–water partition coefficient (Wildman–Crippen LogP) is 5.73. The molecule has 3 atom stereocenters. The summed E-state index contributed by atoms with van der Waals surface area (Å²) in [6.07, 6.45) is 2.09. The number of rotatable bonds is 11. The average molecular weight is 526 g/mol. The van der Waals surface area contributed by atoms with Crippen LogP contribution in [-0.4, -0.2) is 73.9 Å². The van der Waals surface area contributed by atoms with E-state index >= 15 is 4.39 Å². The van der Waals surface area contributed by atoms with E-state index in [1.165, 1.54) is 22.3 Å². The largest absolute Gasteiger partial charge is 0.481 e. The maximum atomic E-state index is 15.9. The van der Waals surface area contributed by atoms with E-state index in [1.807, 2.05) is 33.2 Å². The molecule has 2 aliphatic rings. The summed E-state index contributed by atoms with van der Waals surface area (Å²) in [7, 11) is 4.00. The van der Waals surface area contributed by atoms with Crippen molar-refractivity contribution in [1.82, 2.24) is 9.80 Å². The number of hydrogen-bond acceptors (Lipinski definition) is 4. The van der Waals surface area contributed by atoms with Crippen molar-refractivity contribution in [3.05, 3.63) is 70.0 Å². The molecule has 0 bridgehead atoms. The number of alkyl halides is 1. The quantitative estimate of drug-likeness (QED) is 0.406. The standard InChI is InChI=1S/C31H41F2N3O2/c1-20(31(37)38)19-36-21(2)17-25-24-10-7-6-9-23(24)18-26(25)30(36)29-22(3)28(12-11-27(29)33)35(5)16-15-34(4)14-8-13-32/h6-7,9-12,20-21,30H,8,13-19H2,1-5H3,(H,37,38)/t20-,21+,30-/m0/s1. The smallest absolute Gasteiger partial charge is 0.307 e. The van der Waals surface area contributed by atoms with Crippen LogP contribution < -0.4 is 4.90 Å². The Labute approximate surface area is 225 Å². The first kappa shape index (κ1) is 28.2. The highest BCUT2D eigenvalue weighted by Crippen LogP contribution is 2.50. The van der Waals surface area contributed by atoms with Crippen LogP contribution in [0.1, 0.15) is 55.0 Å². The Morgan fingerprint density at radius 2 is 1.89 bits per heavy atom. The molecule has 5 nitrogen and oxygen atoms in total. The Hall–Kier alpha value is -2.77. The molecule has 1 aliphatic heterocycles. The zero-order chi connectivity index (χ0) is 27.6. The molecule has 0 unspecified atom stereocenters. The fourth-order valence-electron chi connectivity index (χ4n) is 6.16. The highest BCUT2D eigenvalue weighted by Gasteiger charge is 2.41. The summed E-state index contributed by atoms with van der Waals surface area (Å²) in [4.78, 5) is 18.3. The lowest BCUT2D eigenvalue weighted by Gasteiger charge is -2.44. The van der Waals surface area contributed by atoms with Gasteiger partial charge in [-0.3, -0.25) is 14.1 Å². The van der Waals surface area contributed by atoms with E-state index in [9.17, 15) is 14.3 Å². The first-order chi connectivity index (χ1) is 18.1. The molecule has 2 aromatic carbocycles. The van der Waals surface area contributed by atoms with Gasteiger partial charge < -0.3 is 14.9 Å².